The third kappa shape index (κ3) is 5.34. The topological polar surface area (TPSA) is 108 Å². The number of nitrogens with one attached hydrogen (secondary N) is 4. The standard InChI is InChI=1S/C28H31ClFN7O/c1-28(2,3)24(15-38)34-25-17(12-31)13-32-27-21(25)10-19(11-22(27)29)33-26(16-4-6-18(30)7-5-16)23-14-37(36-35-23)20-8-9-20/h4-7,10-11,13-14,20,24,26,33,35-36,38H,8-9,15H2,1-3H3,(H,32,34)/t24-,26?/m1/s1. The molecule has 0 radical (unpaired) electrons. The molecule has 1 saturated carbocycles. The average molecular weight is 536 g/mol. The van der Waals surface area contributed by atoms with Crippen LogP contribution in [0.2, 0.25) is 5.02 Å². The van der Waals surface area contributed by atoms with E-state index in [2.05, 4.69) is 32.6 Å². The Morgan fingerprint density at radius 2 is 1.97 bits per heavy atom. The number of aliphatic hydroxyl groups excluding tert-OH is 1. The van der Waals surface area contributed by atoms with Crippen molar-refractivity contribution in [1.29, 1.82) is 5.26 Å². The molecule has 0 spiro atoms. The van der Waals surface area contributed by atoms with Gasteiger partial charge < -0.3 is 21.2 Å². The van der Waals surface area contributed by atoms with E-state index in [9.17, 15) is 14.8 Å². The molecular weight excluding hydrogens is 505 g/mol. The molecule has 2 aliphatic rings. The van der Waals surface area contributed by atoms with Crippen molar-refractivity contribution in [1.82, 2.24) is 21.0 Å². The molecule has 8 nitrogen and oxygen atoms in total. The molecule has 0 saturated heterocycles. The van der Waals surface area contributed by atoms with Crippen molar-refractivity contribution < 1.29 is 9.50 Å². The van der Waals surface area contributed by atoms with Crippen LogP contribution in [-0.2, 0) is 0 Å². The molecule has 1 unspecified atom stereocenters. The molecule has 3 aromatic rings. The zero-order chi connectivity index (χ0) is 27.0. The van der Waals surface area contributed by atoms with Crippen LogP contribution in [0.15, 0.2) is 54.5 Å². The Morgan fingerprint density at radius 3 is 2.61 bits per heavy atom. The average Bonchev–Trinajstić information content (AvgIpc) is 3.62. The predicted molar refractivity (Wildman–Crippen MR) is 147 cm³/mol. The van der Waals surface area contributed by atoms with Crippen molar-refractivity contribution in [2.75, 3.05) is 17.2 Å². The van der Waals surface area contributed by atoms with Crippen LogP contribution in [0.5, 0.6) is 0 Å². The van der Waals surface area contributed by atoms with Gasteiger partial charge in [-0.2, -0.15) is 5.26 Å². The first-order valence-electron chi connectivity index (χ1n) is 12.6. The molecule has 2 atom stereocenters. The van der Waals surface area contributed by atoms with Crippen molar-refractivity contribution in [2.45, 2.75) is 51.7 Å². The number of nitrogens with zero attached hydrogens (tertiary/aromatic N) is 3. The Morgan fingerprint density at radius 1 is 1.24 bits per heavy atom. The molecule has 1 aromatic heterocycles. The minimum atomic E-state index is -0.344. The van der Waals surface area contributed by atoms with E-state index < -0.39 is 0 Å². The molecule has 5 rings (SSSR count). The van der Waals surface area contributed by atoms with Crippen molar-refractivity contribution in [2.24, 2.45) is 5.41 Å². The van der Waals surface area contributed by atoms with Gasteiger partial charge in [-0.1, -0.05) is 44.5 Å². The number of nitriles is 1. The first kappa shape index (κ1) is 26.0. The first-order valence-corrected chi connectivity index (χ1v) is 13.0. The maximum atomic E-state index is 13.7. The summed E-state index contributed by atoms with van der Waals surface area (Å²) < 4.78 is 13.7. The number of pyridine rings is 1. The number of aliphatic hydroxyl groups is 1. The second-order valence-electron chi connectivity index (χ2n) is 10.8. The normalized spacial score (nSPS) is 17.0. The van der Waals surface area contributed by atoms with Crippen LogP contribution in [0.1, 0.15) is 50.8 Å². The highest BCUT2D eigenvalue weighted by atomic mass is 35.5. The third-order valence-corrected chi connectivity index (χ3v) is 7.25. The van der Waals surface area contributed by atoms with Gasteiger partial charge in [0.05, 0.1) is 46.2 Å². The molecule has 1 fully saturated rings. The Labute approximate surface area is 226 Å². The summed E-state index contributed by atoms with van der Waals surface area (Å²) in [7, 11) is 0. The third-order valence-electron chi connectivity index (χ3n) is 6.96. The Balaban J connectivity index is 1.57. The highest BCUT2D eigenvalue weighted by Crippen LogP contribution is 2.37. The van der Waals surface area contributed by atoms with Gasteiger partial charge in [0.2, 0.25) is 0 Å². The number of fused-ring (bicyclic) bond motifs is 1. The molecule has 2 aromatic carbocycles. The molecule has 1 aliphatic carbocycles. The predicted octanol–water partition coefficient (Wildman–Crippen LogP) is 5.20. The fourth-order valence-electron chi connectivity index (χ4n) is 4.50. The Kier molecular flexibility index (Phi) is 7.05. The maximum absolute atomic E-state index is 13.7. The highest BCUT2D eigenvalue weighted by Gasteiger charge is 2.32. The van der Waals surface area contributed by atoms with Crippen LogP contribution in [0.25, 0.3) is 10.9 Å². The summed E-state index contributed by atoms with van der Waals surface area (Å²) in [4.78, 5) is 4.44. The second-order valence-corrected chi connectivity index (χ2v) is 11.3. The summed E-state index contributed by atoms with van der Waals surface area (Å²) in [6.45, 7) is 5.95. The van der Waals surface area contributed by atoms with Crippen LogP contribution in [0.3, 0.4) is 0 Å². The largest absolute Gasteiger partial charge is 0.394 e. The molecule has 10 heteroatoms. The van der Waals surface area contributed by atoms with Crippen molar-refractivity contribution in [3.05, 3.63) is 76.5 Å². The van der Waals surface area contributed by atoms with Gasteiger partial charge in [0.15, 0.2) is 0 Å². The molecule has 2 heterocycles. The SMILES string of the molecule is CC(C)(C)[C@@H](CO)Nc1c(C#N)cnc2c(Cl)cc(NC(C3=CN(C4CC4)NN3)c3ccc(F)cc3)cc12. The van der Waals surface area contributed by atoms with Gasteiger partial charge >= 0.3 is 0 Å². The summed E-state index contributed by atoms with van der Waals surface area (Å²) in [5.41, 5.74) is 10.1. The zero-order valence-corrected chi connectivity index (χ0v) is 22.3. The number of halogens is 2. The summed E-state index contributed by atoms with van der Waals surface area (Å²) in [5.74, 6) is -0.310. The maximum Gasteiger partial charge on any atom is 0.123 e. The quantitative estimate of drug-likeness (QED) is 0.268. The summed E-state index contributed by atoms with van der Waals surface area (Å²) in [6.07, 6.45) is 5.77. The van der Waals surface area contributed by atoms with E-state index >= 15 is 0 Å². The molecule has 0 bridgehead atoms. The number of hydrogen-bond acceptors (Lipinski definition) is 8. The summed E-state index contributed by atoms with van der Waals surface area (Å²) >= 11 is 6.71. The lowest BCUT2D eigenvalue weighted by Gasteiger charge is -2.31. The summed E-state index contributed by atoms with van der Waals surface area (Å²) in [5, 5.41) is 29.9. The van der Waals surface area contributed by atoms with E-state index in [4.69, 9.17) is 11.6 Å². The number of hydrazine groups is 2. The molecule has 5 N–H and O–H groups in total. The van der Waals surface area contributed by atoms with Gasteiger partial charge in [0.25, 0.3) is 0 Å². The van der Waals surface area contributed by atoms with Gasteiger partial charge in [0, 0.05) is 29.5 Å². The minimum Gasteiger partial charge on any atom is -0.394 e. The smallest absolute Gasteiger partial charge is 0.123 e. The van der Waals surface area contributed by atoms with Crippen LogP contribution in [0.4, 0.5) is 15.8 Å². The number of hydrogen-bond donors (Lipinski definition) is 5. The van der Waals surface area contributed by atoms with Crippen LogP contribution < -0.4 is 21.6 Å². The Bertz CT molecular complexity index is 1410. The number of anilines is 2. The van der Waals surface area contributed by atoms with Crippen molar-refractivity contribution in [3.8, 4) is 6.07 Å². The van der Waals surface area contributed by atoms with E-state index in [1.165, 1.54) is 18.3 Å². The number of aromatic nitrogens is 1. The van der Waals surface area contributed by atoms with Gasteiger partial charge in [-0.15, -0.1) is 5.53 Å². The first-order chi connectivity index (χ1) is 18.2. The van der Waals surface area contributed by atoms with E-state index in [1.54, 1.807) is 18.2 Å². The monoisotopic (exact) mass is 535 g/mol. The van der Waals surface area contributed by atoms with E-state index in [1.807, 2.05) is 38.0 Å². The fourth-order valence-corrected chi connectivity index (χ4v) is 4.76. The lowest BCUT2D eigenvalue weighted by Crippen LogP contribution is -2.38. The fraction of sp³-hybridized carbons (Fsp3) is 0.357. The van der Waals surface area contributed by atoms with Crippen LogP contribution in [0, 0.1) is 22.6 Å². The lowest BCUT2D eigenvalue weighted by molar-refractivity contribution is 0.202. The molecule has 38 heavy (non-hydrogen) atoms. The van der Waals surface area contributed by atoms with Crippen molar-refractivity contribution >= 4 is 33.9 Å². The van der Waals surface area contributed by atoms with Crippen LogP contribution >= 0.6 is 11.6 Å². The van der Waals surface area contributed by atoms with Gasteiger partial charge in [0.1, 0.15) is 11.9 Å². The minimum absolute atomic E-state index is 0.110. The molecule has 1 aliphatic heterocycles. The molecular formula is C28H31ClFN7O. The van der Waals surface area contributed by atoms with E-state index in [0.717, 1.165) is 24.1 Å². The number of benzene rings is 2. The number of rotatable bonds is 8. The van der Waals surface area contributed by atoms with Crippen molar-refractivity contribution in [3.63, 3.8) is 0 Å². The van der Waals surface area contributed by atoms with Gasteiger partial charge in [-0.3, -0.25) is 9.99 Å². The second kappa shape index (κ2) is 10.3. The summed E-state index contributed by atoms with van der Waals surface area (Å²) in [6, 6.07) is 12.1. The van der Waals surface area contributed by atoms with Crippen LogP contribution in [-0.4, -0.2) is 33.8 Å². The molecule has 198 valence electrons. The highest BCUT2D eigenvalue weighted by molar-refractivity contribution is 6.35. The van der Waals surface area contributed by atoms with E-state index in [0.29, 0.717) is 38.9 Å². The zero-order valence-electron chi connectivity index (χ0n) is 21.5. The lowest BCUT2D eigenvalue weighted by atomic mass is 9.87. The van der Waals surface area contributed by atoms with Gasteiger partial charge in [-0.25, -0.2) is 4.39 Å². The van der Waals surface area contributed by atoms with Gasteiger partial charge in [-0.05, 0) is 48.1 Å². The Hall–Kier alpha value is -3.58. The molecule has 0 amide bonds. The van der Waals surface area contributed by atoms with E-state index in [-0.39, 0.29) is 29.9 Å².